The molecule has 1 aliphatic rings. The van der Waals surface area contributed by atoms with Crippen LogP contribution in [0.3, 0.4) is 0 Å². The Kier molecular flexibility index (Phi) is 7.65. The van der Waals surface area contributed by atoms with Crippen LogP contribution in [0.25, 0.3) is 0 Å². The van der Waals surface area contributed by atoms with Crippen molar-refractivity contribution < 1.29 is 19.1 Å². The second-order valence-electron chi connectivity index (χ2n) is 7.80. The summed E-state index contributed by atoms with van der Waals surface area (Å²) in [7, 11) is 0. The van der Waals surface area contributed by atoms with Crippen molar-refractivity contribution in [3.8, 4) is 0 Å². The lowest BCUT2D eigenvalue weighted by atomic mass is 10.0. The van der Waals surface area contributed by atoms with Gasteiger partial charge in [-0.25, -0.2) is 0 Å². The molecule has 164 valence electrons. The minimum absolute atomic E-state index is 0.0721. The molecule has 0 aromatic heterocycles. The number of rotatable bonds is 7. The highest BCUT2D eigenvalue weighted by atomic mass is 35.5. The van der Waals surface area contributed by atoms with E-state index in [0.717, 1.165) is 5.69 Å². The van der Waals surface area contributed by atoms with E-state index in [2.05, 4.69) is 10.6 Å². The van der Waals surface area contributed by atoms with Crippen LogP contribution in [0.5, 0.6) is 0 Å². The van der Waals surface area contributed by atoms with Crippen molar-refractivity contribution in [1.82, 2.24) is 5.32 Å². The molecule has 8 heteroatoms. The zero-order valence-electron chi connectivity index (χ0n) is 17.6. The highest BCUT2D eigenvalue weighted by Gasteiger charge is 2.23. The Morgan fingerprint density at radius 1 is 1.10 bits per heavy atom. The van der Waals surface area contributed by atoms with Crippen LogP contribution in [0.15, 0.2) is 48.5 Å². The number of nitrogens with one attached hydrogen (secondary N) is 2. The third kappa shape index (κ3) is 6.29. The molecular formula is C23H26ClN3O4. The topological polar surface area (TPSA) is 87.7 Å². The predicted molar refractivity (Wildman–Crippen MR) is 120 cm³/mol. The van der Waals surface area contributed by atoms with E-state index in [0.29, 0.717) is 35.8 Å². The van der Waals surface area contributed by atoms with Gasteiger partial charge in [-0.2, -0.15) is 0 Å². The average Bonchev–Trinajstić information content (AvgIpc) is 2.74. The number of morpholine rings is 1. The van der Waals surface area contributed by atoms with Crippen LogP contribution in [0.1, 0.15) is 30.6 Å². The van der Waals surface area contributed by atoms with Crippen molar-refractivity contribution in [1.29, 1.82) is 0 Å². The first-order valence-electron chi connectivity index (χ1n) is 10.2. The molecular weight excluding hydrogens is 418 g/mol. The Balaban J connectivity index is 1.66. The fourth-order valence-corrected chi connectivity index (χ4v) is 3.42. The Morgan fingerprint density at radius 2 is 1.77 bits per heavy atom. The summed E-state index contributed by atoms with van der Waals surface area (Å²) in [6, 6.07) is 12.9. The molecule has 0 spiro atoms. The number of hydrogen-bond acceptors (Lipinski definition) is 4. The number of carbonyl (C=O) groups excluding carboxylic acids is 3. The summed E-state index contributed by atoms with van der Waals surface area (Å²) in [5.41, 5.74) is 1.77. The minimum atomic E-state index is -0.691. The predicted octanol–water partition coefficient (Wildman–Crippen LogP) is 3.49. The molecule has 0 saturated carbocycles. The number of anilines is 2. The fourth-order valence-electron chi connectivity index (χ4n) is 3.29. The number of carbonyl (C=O) groups is 3. The van der Waals surface area contributed by atoms with Crippen LogP contribution < -0.4 is 15.5 Å². The maximum Gasteiger partial charge on any atom is 0.253 e. The SMILES string of the molecule is CC(C)C[C@@H](NC(=O)c1ccc(Cl)cc1)C(=O)Nc1ccc(N2CCOCC2=O)cc1. The second kappa shape index (κ2) is 10.4. The van der Waals surface area contributed by atoms with Crippen molar-refractivity contribution in [3.05, 3.63) is 59.1 Å². The van der Waals surface area contributed by atoms with Gasteiger partial charge in [0.05, 0.1) is 6.61 Å². The molecule has 7 nitrogen and oxygen atoms in total. The minimum Gasteiger partial charge on any atom is -0.370 e. The van der Waals surface area contributed by atoms with Crippen LogP contribution >= 0.6 is 11.6 Å². The number of halogens is 1. The molecule has 2 aromatic carbocycles. The number of nitrogens with zero attached hydrogens (tertiary/aromatic N) is 1. The first-order valence-corrected chi connectivity index (χ1v) is 10.6. The molecule has 1 heterocycles. The summed E-state index contributed by atoms with van der Waals surface area (Å²) in [5.74, 6) is -0.522. The van der Waals surface area contributed by atoms with Gasteiger partial charge in [0.2, 0.25) is 5.91 Å². The molecule has 1 fully saturated rings. The summed E-state index contributed by atoms with van der Waals surface area (Å²) in [5, 5.41) is 6.20. The summed E-state index contributed by atoms with van der Waals surface area (Å²) in [4.78, 5) is 39.1. The third-order valence-electron chi connectivity index (χ3n) is 4.87. The van der Waals surface area contributed by atoms with Crippen molar-refractivity contribution in [3.63, 3.8) is 0 Å². The quantitative estimate of drug-likeness (QED) is 0.685. The van der Waals surface area contributed by atoms with E-state index in [4.69, 9.17) is 16.3 Å². The van der Waals surface area contributed by atoms with Crippen molar-refractivity contribution in [2.24, 2.45) is 5.92 Å². The van der Waals surface area contributed by atoms with Gasteiger partial charge in [0, 0.05) is 28.5 Å². The van der Waals surface area contributed by atoms with Crippen molar-refractivity contribution in [2.75, 3.05) is 30.0 Å². The van der Waals surface area contributed by atoms with Gasteiger partial charge in [0.15, 0.2) is 0 Å². The number of hydrogen-bond donors (Lipinski definition) is 2. The standard InChI is InChI=1S/C23H26ClN3O4/c1-15(2)13-20(26-22(29)16-3-5-17(24)6-4-16)23(30)25-18-7-9-19(10-8-18)27-11-12-31-14-21(27)28/h3-10,15,20H,11-14H2,1-2H3,(H,25,30)(H,26,29)/t20-/m1/s1. The Morgan fingerprint density at radius 3 is 2.39 bits per heavy atom. The molecule has 1 saturated heterocycles. The normalized spacial score (nSPS) is 15.0. The molecule has 0 radical (unpaired) electrons. The molecule has 1 aliphatic heterocycles. The molecule has 1 atom stereocenters. The van der Waals surface area contributed by atoms with Gasteiger partial charge in [-0.3, -0.25) is 14.4 Å². The van der Waals surface area contributed by atoms with Gasteiger partial charge in [0.1, 0.15) is 12.6 Å². The molecule has 3 amide bonds. The van der Waals surface area contributed by atoms with E-state index in [1.165, 1.54) is 0 Å². The van der Waals surface area contributed by atoms with Crippen LogP contribution in [-0.4, -0.2) is 43.5 Å². The lowest BCUT2D eigenvalue weighted by molar-refractivity contribution is -0.125. The third-order valence-corrected chi connectivity index (χ3v) is 5.12. The summed E-state index contributed by atoms with van der Waals surface area (Å²) in [6.07, 6.45) is 0.492. The van der Waals surface area contributed by atoms with Crippen LogP contribution in [0, 0.1) is 5.92 Å². The lowest BCUT2D eigenvalue weighted by Crippen LogP contribution is -2.44. The van der Waals surface area contributed by atoms with Gasteiger partial charge >= 0.3 is 0 Å². The Hall–Kier alpha value is -2.90. The van der Waals surface area contributed by atoms with E-state index in [1.807, 2.05) is 13.8 Å². The Labute approximate surface area is 186 Å². The number of amides is 3. The Bertz CT molecular complexity index is 929. The largest absolute Gasteiger partial charge is 0.370 e. The molecule has 31 heavy (non-hydrogen) atoms. The molecule has 2 aromatic rings. The van der Waals surface area contributed by atoms with E-state index in [9.17, 15) is 14.4 Å². The summed E-state index contributed by atoms with van der Waals surface area (Å²) in [6.45, 7) is 5.04. The lowest BCUT2D eigenvalue weighted by Gasteiger charge is -2.27. The fraction of sp³-hybridized carbons (Fsp3) is 0.348. The van der Waals surface area contributed by atoms with E-state index in [-0.39, 0.29) is 30.2 Å². The van der Waals surface area contributed by atoms with Gasteiger partial charge in [-0.05, 0) is 60.9 Å². The average molecular weight is 444 g/mol. The van der Waals surface area contributed by atoms with Gasteiger partial charge in [0.25, 0.3) is 11.8 Å². The van der Waals surface area contributed by atoms with Gasteiger partial charge in [-0.1, -0.05) is 25.4 Å². The number of ether oxygens (including phenoxy) is 1. The summed E-state index contributed by atoms with van der Waals surface area (Å²) >= 11 is 5.88. The molecule has 0 aliphatic carbocycles. The van der Waals surface area contributed by atoms with Crippen LogP contribution in [-0.2, 0) is 14.3 Å². The van der Waals surface area contributed by atoms with E-state index >= 15 is 0 Å². The maximum atomic E-state index is 12.9. The van der Waals surface area contributed by atoms with Gasteiger partial charge in [-0.15, -0.1) is 0 Å². The van der Waals surface area contributed by atoms with Crippen LogP contribution in [0.2, 0.25) is 5.02 Å². The van der Waals surface area contributed by atoms with E-state index < -0.39 is 6.04 Å². The van der Waals surface area contributed by atoms with Crippen molar-refractivity contribution >= 4 is 40.7 Å². The highest BCUT2D eigenvalue weighted by Crippen LogP contribution is 2.20. The highest BCUT2D eigenvalue weighted by molar-refractivity contribution is 6.30. The monoisotopic (exact) mass is 443 g/mol. The second-order valence-corrected chi connectivity index (χ2v) is 8.23. The molecule has 0 bridgehead atoms. The summed E-state index contributed by atoms with van der Waals surface area (Å²) < 4.78 is 5.15. The molecule has 2 N–H and O–H groups in total. The zero-order valence-corrected chi connectivity index (χ0v) is 18.3. The zero-order chi connectivity index (χ0) is 22.4. The first-order chi connectivity index (χ1) is 14.8. The maximum absolute atomic E-state index is 12.9. The molecule has 0 unspecified atom stereocenters. The number of benzene rings is 2. The van der Waals surface area contributed by atoms with E-state index in [1.54, 1.807) is 53.4 Å². The first kappa shape index (κ1) is 22.8. The molecule has 3 rings (SSSR count). The smallest absolute Gasteiger partial charge is 0.253 e. The van der Waals surface area contributed by atoms with Crippen molar-refractivity contribution in [2.45, 2.75) is 26.3 Å². The van der Waals surface area contributed by atoms with Crippen LogP contribution in [0.4, 0.5) is 11.4 Å². The van der Waals surface area contributed by atoms with Gasteiger partial charge < -0.3 is 20.3 Å².